The molecule has 3 aromatic rings. The first kappa shape index (κ1) is 32.1. The lowest BCUT2D eigenvalue weighted by Crippen LogP contribution is -2.66. The number of fused-ring (bicyclic) bond motifs is 1. The van der Waals surface area contributed by atoms with Gasteiger partial charge in [-0.05, 0) is 82.4 Å². The molecular weight excluding hydrogens is 624 g/mol. The highest BCUT2D eigenvalue weighted by Crippen LogP contribution is 2.50. The van der Waals surface area contributed by atoms with Crippen molar-refractivity contribution in [3.05, 3.63) is 71.4 Å². The second-order valence-electron chi connectivity index (χ2n) is 12.1. The predicted octanol–water partition coefficient (Wildman–Crippen LogP) is 3.09. The minimum atomic E-state index is -4.68. The van der Waals surface area contributed by atoms with Crippen LogP contribution in [0.3, 0.4) is 0 Å². The lowest BCUT2D eigenvalue weighted by molar-refractivity contribution is -0.121. The third kappa shape index (κ3) is 5.19. The van der Waals surface area contributed by atoms with E-state index in [1.54, 1.807) is 24.0 Å². The molecule has 4 heterocycles. The van der Waals surface area contributed by atoms with E-state index in [9.17, 15) is 18.5 Å². The maximum Gasteiger partial charge on any atom is 0.318 e. The van der Waals surface area contributed by atoms with Crippen LogP contribution < -0.4 is 23.8 Å². The molecule has 0 radical (unpaired) electrons. The number of nitrogens with zero attached hydrogens (tertiary/aromatic N) is 5. The van der Waals surface area contributed by atoms with Crippen LogP contribution in [0, 0.1) is 16.7 Å². The van der Waals surface area contributed by atoms with Crippen LogP contribution in [0.4, 0.5) is 10.5 Å². The molecule has 14 heteroatoms. The highest BCUT2D eigenvalue weighted by molar-refractivity contribution is 7.93. The number of methoxy groups -OCH3 is 2. The Bertz CT molecular complexity index is 1880. The maximum atomic E-state index is 15.1. The molecule has 0 aliphatic carbocycles. The van der Waals surface area contributed by atoms with Gasteiger partial charge in [0, 0.05) is 36.3 Å². The van der Waals surface area contributed by atoms with Gasteiger partial charge in [0.2, 0.25) is 5.88 Å². The first-order valence-electron chi connectivity index (χ1n) is 15.2. The Morgan fingerprint density at radius 3 is 2.47 bits per heavy atom. The van der Waals surface area contributed by atoms with Gasteiger partial charge >= 0.3 is 6.03 Å². The summed E-state index contributed by atoms with van der Waals surface area (Å²) in [6.45, 7) is 4.78. The summed E-state index contributed by atoms with van der Waals surface area (Å²) in [7, 11) is 0.140. The quantitative estimate of drug-likeness (QED) is 0.381. The molecule has 1 aromatic heterocycles. The van der Waals surface area contributed by atoms with Crippen molar-refractivity contribution in [3.63, 3.8) is 0 Å². The highest BCUT2D eigenvalue weighted by atomic mass is 32.2. The SMILES string of the molecule is CCOc1ncccc1[C@]1(NC(=O)N2CC3(CCN(C)CC3)C2)C(=O)N(S(=O)(=O)c2ccc(OC)cc2OC)c2ccc(C#N)cc21. The van der Waals surface area contributed by atoms with Gasteiger partial charge in [0.1, 0.15) is 16.4 Å². The van der Waals surface area contributed by atoms with E-state index >= 15 is 4.79 Å². The van der Waals surface area contributed by atoms with E-state index in [1.807, 2.05) is 0 Å². The molecule has 3 aliphatic rings. The van der Waals surface area contributed by atoms with E-state index in [4.69, 9.17) is 14.2 Å². The fourth-order valence-electron chi connectivity index (χ4n) is 6.72. The Balaban J connectivity index is 1.51. The molecule has 0 unspecified atom stereocenters. The number of hydrogen-bond acceptors (Lipinski definition) is 10. The molecule has 2 fully saturated rings. The summed E-state index contributed by atoms with van der Waals surface area (Å²) >= 11 is 0. The minimum Gasteiger partial charge on any atom is -0.497 e. The normalized spacial score (nSPS) is 20.3. The standard InChI is InChI=1S/C33H36N6O7S/c1-5-46-29-24(7-6-14-35-29)33(36-31(41)38-20-32(21-38)12-15-37(2)16-13-32)25-17-22(19-34)8-10-26(25)39(30(33)40)47(42,43)28-11-9-23(44-3)18-27(28)45-4/h6-11,14,17-18H,5,12-13,15-16,20-21H2,1-4H3,(H,36,41)/t33-/m1/s1. The number of rotatable bonds is 8. The van der Waals surface area contributed by atoms with E-state index in [2.05, 4.69) is 28.3 Å². The van der Waals surface area contributed by atoms with Crippen molar-refractivity contribution in [1.82, 2.24) is 20.1 Å². The number of nitrogens with one attached hydrogen (secondary N) is 1. The number of piperidine rings is 1. The van der Waals surface area contributed by atoms with Gasteiger partial charge in [-0.25, -0.2) is 18.2 Å². The number of carbonyl (C=O) groups excluding carboxylic acids is 2. The van der Waals surface area contributed by atoms with E-state index < -0.39 is 27.5 Å². The third-order valence-corrected chi connectivity index (χ3v) is 11.0. The molecule has 2 saturated heterocycles. The Morgan fingerprint density at radius 1 is 1.06 bits per heavy atom. The van der Waals surface area contributed by atoms with Gasteiger partial charge < -0.3 is 29.3 Å². The van der Waals surface area contributed by atoms with Crippen LogP contribution >= 0.6 is 0 Å². The number of benzene rings is 2. The molecule has 3 amide bonds. The number of aromatic nitrogens is 1. The van der Waals surface area contributed by atoms with Crippen LogP contribution in [-0.2, 0) is 20.4 Å². The van der Waals surface area contributed by atoms with Crippen LogP contribution in [0.5, 0.6) is 17.4 Å². The fourth-order valence-corrected chi connectivity index (χ4v) is 8.32. The largest absolute Gasteiger partial charge is 0.497 e. The maximum absolute atomic E-state index is 15.1. The van der Waals surface area contributed by atoms with Crippen LogP contribution in [0.2, 0.25) is 0 Å². The van der Waals surface area contributed by atoms with Crippen molar-refractivity contribution in [2.24, 2.45) is 5.41 Å². The molecule has 47 heavy (non-hydrogen) atoms. The first-order valence-corrected chi connectivity index (χ1v) is 16.7. The van der Waals surface area contributed by atoms with E-state index in [0.717, 1.165) is 25.9 Å². The molecule has 2 aromatic carbocycles. The molecule has 246 valence electrons. The van der Waals surface area contributed by atoms with Crippen LogP contribution in [0.25, 0.3) is 0 Å². The number of sulfonamides is 1. The summed E-state index contributed by atoms with van der Waals surface area (Å²) in [4.78, 5) is 37.2. The van der Waals surface area contributed by atoms with Gasteiger partial charge in [0.15, 0.2) is 5.54 Å². The molecule has 3 aliphatic heterocycles. The zero-order chi connectivity index (χ0) is 33.6. The van der Waals surface area contributed by atoms with Crippen LogP contribution in [-0.4, -0.2) is 89.2 Å². The third-order valence-electron chi connectivity index (χ3n) is 9.28. The van der Waals surface area contributed by atoms with Gasteiger partial charge in [-0.3, -0.25) is 4.79 Å². The van der Waals surface area contributed by atoms with Crippen molar-refractivity contribution in [2.75, 3.05) is 58.4 Å². The minimum absolute atomic E-state index is 0.00629. The van der Waals surface area contributed by atoms with Gasteiger partial charge in [-0.1, -0.05) is 0 Å². The van der Waals surface area contributed by atoms with Gasteiger partial charge in [-0.2, -0.15) is 9.57 Å². The van der Waals surface area contributed by atoms with Gasteiger partial charge in [-0.15, -0.1) is 0 Å². The fraction of sp³-hybridized carbons (Fsp3) is 0.394. The van der Waals surface area contributed by atoms with Crippen molar-refractivity contribution >= 4 is 27.6 Å². The molecule has 1 atom stereocenters. The zero-order valence-electron chi connectivity index (χ0n) is 26.6. The van der Waals surface area contributed by atoms with Crippen molar-refractivity contribution < 1.29 is 32.2 Å². The van der Waals surface area contributed by atoms with E-state index in [-0.39, 0.29) is 50.9 Å². The highest BCUT2D eigenvalue weighted by Gasteiger charge is 2.60. The molecular formula is C33H36N6O7S. The summed E-state index contributed by atoms with van der Waals surface area (Å²) in [5.74, 6) is -0.650. The van der Waals surface area contributed by atoms with E-state index in [1.165, 1.54) is 56.8 Å². The lowest BCUT2D eigenvalue weighted by Gasteiger charge is -2.54. The molecule has 0 saturated carbocycles. The summed E-state index contributed by atoms with van der Waals surface area (Å²) in [6, 6.07) is 13.0. The van der Waals surface area contributed by atoms with Crippen LogP contribution in [0.15, 0.2) is 59.6 Å². The molecule has 1 N–H and O–H groups in total. The number of ether oxygens (including phenoxy) is 3. The van der Waals surface area contributed by atoms with Crippen molar-refractivity contribution in [2.45, 2.75) is 30.2 Å². The monoisotopic (exact) mass is 660 g/mol. The number of amides is 3. The van der Waals surface area contributed by atoms with E-state index in [0.29, 0.717) is 23.1 Å². The summed E-state index contributed by atoms with van der Waals surface area (Å²) in [6.07, 6.45) is 3.36. The molecule has 6 rings (SSSR count). The Hall–Kier alpha value is -4.87. The number of hydrogen-bond donors (Lipinski definition) is 1. The number of nitriles is 1. The average Bonchev–Trinajstić information content (AvgIpc) is 3.31. The smallest absolute Gasteiger partial charge is 0.318 e. The summed E-state index contributed by atoms with van der Waals surface area (Å²) in [5.41, 5.74) is -1.78. The van der Waals surface area contributed by atoms with Gasteiger partial charge in [0.25, 0.3) is 15.9 Å². The zero-order valence-corrected chi connectivity index (χ0v) is 27.5. The van der Waals surface area contributed by atoms with Crippen LogP contribution in [0.1, 0.15) is 36.5 Å². The first-order chi connectivity index (χ1) is 22.5. The van der Waals surface area contributed by atoms with Crippen molar-refractivity contribution in [1.29, 1.82) is 5.26 Å². The molecule has 13 nitrogen and oxygen atoms in total. The summed E-state index contributed by atoms with van der Waals surface area (Å²) < 4.78 is 46.2. The predicted molar refractivity (Wildman–Crippen MR) is 171 cm³/mol. The molecule has 1 spiro atoms. The summed E-state index contributed by atoms with van der Waals surface area (Å²) in [5, 5.41) is 12.8. The second-order valence-corrected chi connectivity index (χ2v) is 13.8. The Kier molecular flexibility index (Phi) is 8.23. The number of likely N-dealkylation sites (tertiary alicyclic amines) is 2. The average molecular weight is 661 g/mol. The number of urea groups is 1. The number of carbonyl (C=O) groups is 2. The Morgan fingerprint density at radius 2 is 1.81 bits per heavy atom. The Labute approximate surface area is 273 Å². The lowest BCUT2D eigenvalue weighted by atomic mass is 9.72. The van der Waals surface area contributed by atoms with Gasteiger partial charge in [0.05, 0.1) is 43.7 Å². The second kappa shape index (κ2) is 12.1. The molecule has 0 bridgehead atoms. The van der Waals surface area contributed by atoms with Crippen molar-refractivity contribution in [3.8, 4) is 23.4 Å². The number of anilines is 1. The topological polar surface area (TPSA) is 154 Å². The number of pyridine rings is 1.